The first-order valence-corrected chi connectivity index (χ1v) is 5.77. The number of rotatable bonds is 6. The van der Waals surface area contributed by atoms with Crippen LogP contribution in [0.15, 0.2) is 34.8 Å². The summed E-state index contributed by atoms with van der Waals surface area (Å²) < 4.78 is 0. The number of ketones is 1. The number of carbonyl (C=O) groups excluding carboxylic acids is 1. The molecule has 0 aromatic rings. The second kappa shape index (κ2) is 7.51. The molecule has 0 amide bonds. The third-order valence-corrected chi connectivity index (χ3v) is 2.65. The van der Waals surface area contributed by atoms with Crippen molar-refractivity contribution < 1.29 is 25.2 Å². The van der Waals surface area contributed by atoms with E-state index in [0.717, 1.165) is 6.08 Å². The van der Waals surface area contributed by atoms with Crippen LogP contribution in [0.1, 0.15) is 0 Å². The Balaban J connectivity index is 3.49. The van der Waals surface area contributed by atoms with Crippen molar-refractivity contribution >= 4 is 11.5 Å². The zero-order chi connectivity index (χ0) is 16.9. The van der Waals surface area contributed by atoms with Gasteiger partial charge in [0.2, 0.25) is 5.71 Å². The van der Waals surface area contributed by atoms with Gasteiger partial charge in [0, 0.05) is 12.6 Å². The summed E-state index contributed by atoms with van der Waals surface area (Å²) in [4.78, 5) is 10.9. The number of hydrazine groups is 2. The minimum absolute atomic E-state index is 0.339. The molecular weight excluding hydrogens is 300 g/mol. The van der Waals surface area contributed by atoms with Crippen LogP contribution in [0.2, 0.25) is 0 Å². The topological polar surface area (TPSA) is 209 Å². The Kier molecular flexibility index (Phi) is 6.00. The first-order valence-electron chi connectivity index (χ1n) is 5.77. The maximum Gasteiger partial charge on any atom is 0.235 e. The highest BCUT2D eigenvalue weighted by Gasteiger charge is 2.28. The van der Waals surface area contributed by atoms with Gasteiger partial charge in [-0.05, 0) is 11.6 Å². The van der Waals surface area contributed by atoms with Crippen molar-refractivity contribution in [2.75, 3.05) is 13.1 Å². The molecule has 0 saturated heterocycles. The summed E-state index contributed by atoms with van der Waals surface area (Å²) in [6, 6.07) is 0. The van der Waals surface area contributed by atoms with E-state index < -0.39 is 45.2 Å². The number of allylic oxidation sites excluding steroid dienone is 2. The monoisotopic (exact) mass is 314 g/mol. The molecular formula is C10H14N6O6-2. The van der Waals surface area contributed by atoms with Crippen molar-refractivity contribution in [2.45, 2.75) is 0 Å². The molecule has 0 aromatic heterocycles. The summed E-state index contributed by atoms with van der Waals surface area (Å²) in [5.41, 5.74) is 2.08. The van der Waals surface area contributed by atoms with Crippen molar-refractivity contribution in [1.29, 1.82) is 0 Å². The zero-order valence-electron chi connectivity index (χ0n) is 11.1. The van der Waals surface area contributed by atoms with Gasteiger partial charge in [-0.15, -0.1) is 11.0 Å². The average molecular weight is 314 g/mol. The lowest BCUT2D eigenvalue weighted by molar-refractivity contribution is -0.377. The molecule has 0 aliphatic heterocycles. The van der Waals surface area contributed by atoms with Crippen LogP contribution >= 0.6 is 0 Å². The molecule has 0 bridgehead atoms. The zero-order valence-corrected chi connectivity index (χ0v) is 11.1. The second-order valence-electron chi connectivity index (χ2n) is 4.04. The minimum atomic E-state index is -0.897. The molecule has 1 aliphatic rings. The van der Waals surface area contributed by atoms with Gasteiger partial charge in [0.15, 0.2) is 5.78 Å². The molecule has 122 valence electrons. The first-order chi connectivity index (χ1) is 10.3. The summed E-state index contributed by atoms with van der Waals surface area (Å²) in [5, 5.41) is 51.7. The van der Waals surface area contributed by atoms with Gasteiger partial charge < -0.3 is 15.5 Å². The molecule has 22 heavy (non-hydrogen) atoms. The number of nitrogens with one attached hydrogen (secondary N) is 2. The smallest absolute Gasteiger partial charge is 0.235 e. The number of hydroxylamine groups is 2. The SMILES string of the molecule is NNCC(=O)C1=CC(=C([O-])CNN)C(N(O)O)=CC1=[N+]([O-])[O-]. The van der Waals surface area contributed by atoms with Crippen LogP contribution in [0.5, 0.6) is 0 Å². The van der Waals surface area contributed by atoms with E-state index in [4.69, 9.17) is 22.1 Å². The molecule has 1 aliphatic carbocycles. The van der Waals surface area contributed by atoms with Crippen LogP contribution in [-0.4, -0.2) is 45.1 Å². The number of nitrogens with two attached hydrogens (primary N) is 2. The van der Waals surface area contributed by atoms with Gasteiger partial charge in [0.05, 0.1) is 12.1 Å². The Morgan fingerprint density at radius 2 is 1.82 bits per heavy atom. The highest BCUT2D eigenvalue weighted by Crippen LogP contribution is 2.24. The van der Waals surface area contributed by atoms with Gasteiger partial charge in [0.1, 0.15) is 5.70 Å². The molecule has 0 saturated carbocycles. The fourth-order valence-corrected chi connectivity index (χ4v) is 1.72. The van der Waals surface area contributed by atoms with Crippen LogP contribution in [-0.2, 0) is 4.79 Å². The maximum atomic E-state index is 11.9. The molecule has 0 unspecified atom stereocenters. The lowest BCUT2D eigenvalue weighted by Gasteiger charge is -2.25. The predicted octanol–water partition coefficient (Wildman–Crippen LogP) is -3.55. The average Bonchev–Trinajstić information content (AvgIpc) is 2.46. The third kappa shape index (κ3) is 3.79. The van der Waals surface area contributed by atoms with Gasteiger partial charge in [-0.3, -0.25) is 37.7 Å². The van der Waals surface area contributed by atoms with Gasteiger partial charge in [0.25, 0.3) is 0 Å². The van der Waals surface area contributed by atoms with Crippen LogP contribution in [0.3, 0.4) is 0 Å². The van der Waals surface area contributed by atoms with E-state index in [1.165, 1.54) is 0 Å². The molecule has 1 rings (SSSR count). The quantitative estimate of drug-likeness (QED) is 0.122. The number of nitrogens with zero attached hydrogens (tertiary/aromatic N) is 2. The van der Waals surface area contributed by atoms with E-state index in [1.807, 2.05) is 5.43 Å². The van der Waals surface area contributed by atoms with Gasteiger partial charge in [-0.2, -0.15) is 4.90 Å². The number of hydrogen-bond acceptors (Lipinski definition) is 11. The van der Waals surface area contributed by atoms with Gasteiger partial charge >= 0.3 is 0 Å². The van der Waals surface area contributed by atoms with Crippen molar-refractivity contribution in [3.63, 3.8) is 0 Å². The van der Waals surface area contributed by atoms with Crippen molar-refractivity contribution in [3.8, 4) is 0 Å². The number of Topliss-reactive ketones (excluding diaryl/α,β-unsaturated/α-hetero) is 1. The molecule has 0 spiro atoms. The van der Waals surface area contributed by atoms with Crippen molar-refractivity contribution in [3.05, 3.63) is 45.2 Å². The minimum Gasteiger partial charge on any atom is -0.874 e. The van der Waals surface area contributed by atoms with E-state index in [9.17, 15) is 20.3 Å². The summed E-state index contributed by atoms with van der Waals surface area (Å²) in [5.74, 6) is 8.54. The van der Waals surface area contributed by atoms with E-state index in [0.29, 0.717) is 6.08 Å². The number of hydrogen-bond donors (Lipinski definition) is 6. The Morgan fingerprint density at radius 1 is 1.23 bits per heavy atom. The third-order valence-electron chi connectivity index (χ3n) is 2.65. The van der Waals surface area contributed by atoms with E-state index in [-0.39, 0.29) is 12.1 Å². The second-order valence-corrected chi connectivity index (χ2v) is 4.04. The van der Waals surface area contributed by atoms with Gasteiger partial charge in [-0.1, -0.05) is 0 Å². The highest BCUT2D eigenvalue weighted by molar-refractivity contribution is 6.26. The van der Waals surface area contributed by atoms with Crippen LogP contribution in [0, 0.1) is 10.4 Å². The van der Waals surface area contributed by atoms with Crippen LogP contribution < -0.4 is 27.6 Å². The van der Waals surface area contributed by atoms with E-state index in [1.54, 1.807) is 0 Å². The maximum absolute atomic E-state index is 11.9. The molecule has 0 radical (unpaired) electrons. The molecule has 0 aromatic carbocycles. The lowest BCUT2D eigenvalue weighted by Crippen LogP contribution is -2.35. The summed E-state index contributed by atoms with van der Waals surface area (Å²) in [7, 11) is 0. The lowest BCUT2D eigenvalue weighted by atomic mass is 9.93. The van der Waals surface area contributed by atoms with E-state index >= 15 is 0 Å². The summed E-state index contributed by atoms with van der Waals surface area (Å²) in [6.07, 6.45) is 1.57. The Hall–Kier alpha value is -2.48. The predicted molar refractivity (Wildman–Crippen MR) is 70.0 cm³/mol. The molecule has 0 atom stereocenters. The summed E-state index contributed by atoms with van der Waals surface area (Å²) in [6.45, 7) is -0.799. The highest BCUT2D eigenvalue weighted by atomic mass is 16.8. The molecule has 12 heteroatoms. The van der Waals surface area contributed by atoms with Crippen LogP contribution in [0.4, 0.5) is 0 Å². The van der Waals surface area contributed by atoms with Crippen molar-refractivity contribution in [2.24, 2.45) is 11.7 Å². The Labute approximate surface area is 123 Å². The van der Waals surface area contributed by atoms with E-state index in [2.05, 4.69) is 5.43 Å². The summed E-state index contributed by atoms with van der Waals surface area (Å²) >= 11 is 0. The molecule has 0 heterocycles. The standard InChI is InChI=1S/C10H15N6O6/c11-13-3-9(17)5-1-6(10(18)4-14-12)8(16(21)22)2-7(5)15(19)20/h1-2,13-14,19-20H,3-4,11-12H2,(H-,17,18,21,22)/q-1/p-1. The van der Waals surface area contributed by atoms with Crippen molar-refractivity contribution in [1.82, 2.24) is 16.1 Å². The molecule has 8 N–H and O–H groups in total. The first kappa shape index (κ1) is 17.6. The Bertz CT molecular complexity index is 574. The molecule has 12 nitrogen and oxygen atoms in total. The van der Waals surface area contributed by atoms with Gasteiger partial charge in [-0.25, -0.2) is 0 Å². The fourth-order valence-electron chi connectivity index (χ4n) is 1.72. The fraction of sp³-hybridized carbons (Fsp3) is 0.200. The number of carbonyl (C=O) groups is 1. The van der Waals surface area contributed by atoms with Crippen LogP contribution in [0.25, 0.3) is 0 Å². The normalized spacial score (nSPS) is 16.8. The Morgan fingerprint density at radius 3 is 2.27 bits per heavy atom. The molecule has 0 fully saturated rings. The largest absolute Gasteiger partial charge is 0.874 e.